The molecule has 4 atom stereocenters. The molecule has 3 aromatic carbocycles. The molecule has 0 radical (unpaired) electrons. The number of amides is 2. The smallest absolute Gasteiger partial charge is 0.351 e. The highest BCUT2D eigenvalue weighted by atomic mass is 31.2. The summed E-state index contributed by atoms with van der Waals surface area (Å²) in [6, 6.07) is 21.2. The van der Waals surface area contributed by atoms with Gasteiger partial charge in [0.2, 0.25) is 11.8 Å². The summed E-state index contributed by atoms with van der Waals surface area (Å²) in [6.45, 7) is 4.79. The molecule has 3 rings (SSSR count). The first-order valence-electron chi connectivity index (χ1n) is 12.7. The fourth-order valence-corrected chi connectivity index (χ4v) is 5.63. The fraction of sp³-hybridized carbons (Fsp3) is 0.345. The average molecular weight is 555 g/mol. The molecular weight excluding hydrogens is 519 g/mol. The van der Waals surface area contributed by atoms with Gasteiger partial charge in [0.25, 0.3) is 0 Å². The van der Waals surface area contributed by atoms with Gasteiger partial charge in [0, 0.05) is 19.8 Å². The van der Waals surface area contributed by atoms with E-state index in [4.69, 9.17) is 9.26 Å². The Morgan fingerprint density at radius 2 is 1.51 bits per heavy atom. The van der Waals surface area contributed by atoms with Crippen LogP contribution in [0, 0.1) is 5.92 Å². The maximum absolute atomic E-state index is 13.8. The van der Waals surface area contributed by atoms with Crippen LogP contribution in [0.5, 0.6) is 0 Å². The zero-order chi connectivity index (χ0) is 28.6. The van der Waals surface area contributed by atoms with Gasteiger partial charge in [-0.05, 0) is 27.8 Å². The summed E-state index contributed by atoms with van der Waals surface area (Å²) >= 11 is 0. The lowest BCUT2D eigenvalue weighted by Gasteiger charge is -2.29. The molecule has 0 aliphatic carbocycles. The predicted octanol–water partition coefficient (Wildman–Crippen LogP) is 3.97. The number of esters is 1. The number of carbonyl (C=O) groups is 3. The molecule has 1 unspecified atom stereocenters. The van der Waals surface area contributed by atoms with Crippen molar-refractivity contribution in [2.75, 3.05) is 7.11 Å². The van der Waals surface area contributed by atoms with Crippen LogP contribution in [0.25, 0.3) is 10.8 Å². The number of hydrogen-bond acceptors (Lipinski definition) is 6. The van der Waals surface area contributed by atoms with Gasteiger partial charge in [-0.2, -0.15) is 0 Å². The Labute approximate surface area is 228 Å². The Kier molecular flexibility index (Phi) is 10.4. The Morgan fingerprint density at radius 3 is 2.13 bits per heavy atom. The van der Waals surface area contributed by atoms with Gasteiger partial charge in [0.05, 0.1) is 7.11 Å². The molecule has 0 saturated carbocycles. The van der Waals surface area contributed by atoms with Gasteiger partial charge in [-0.25, -0.2) is 4.79 Å². The van der Waals surface area contributed by atoms with Crippen molar-refractivity contribution in [3.63, 3.8) is 0 Å². The van der Waals surface area contributed by atoms with Crippen molar-refractivity contribution in [3.8, 4) is 0 Å². The van der Waals surface area contributed by atoms with E-state index in [1.807, 2.05) is 42.5 Å². The number of rotatable bonds is 12. The fourth-order valence-electron chi connectivity index (χ4n) is 4.22. The van der Waals surface area contributed by atoms with E-state index in [0.717, 1.165) is 10.8 Å². The van der Waals surface area contributed by atoms with Crippen molar-refractivity contribution in [2.45, 2.75) is 51.5 Å². The first kappa shape index (κ1) is 30.0. The van der Waals surface area contributed by atoms with E-state index in [0.29, 0.717) is 11.1 Å². The number of fused-ring (bicyclic) bond motifs is 1. The second kappa shape index (κ2) is 13.5. The lowest BCUT2D eigenvalue weighted by atomic mass is 10.0. The minimum atomic E-state index is -4.69. The number of hydrogen-bond donors (Lipinski definition) is 3. The summed E-state index contributed by atoms with van der Waals surface area (Å²) in [4.78, 5) is 48.7. The molecule has 10 heteroatoms. The molecular formula is C29H35N2O7P. The highest BCUT2D eigenvalue weighted by molar-refractivity contribution is 7.53. The van der Waals surface area contributed by atoms with E-state index in [2.05, 4.69) is 10.6 Å². The van der Waals surface area contributed by atoms with Gasteiger partial charge in [0.1, 0.15) is 11.8 Å². The SMILES string of the molecule is COC(=O)[C@H](Cc1ccccc1)OP(=O)(O)[C@H](Cc1ccc2ccccc2c1)NC(=O)[C@@H](NC(C)=O)C(C)C. The first-order chi connectivity index (χ1) is 18.5. The number of carbonyl (C=O) groups excluding carboxylic acids is 3. The molecule has 0 aliphatic heterocycles. The van der Waals surface area contributed by atoms with Crippen molar-refractivity contribution in [2.24, 2.45) is 5.92 Å². The lowest BCUT2D eigenvalue weighted by Crippen LogP contribution is -2.52. The third kappa shape index (κ3) is 8.48. The molecule has 3 aromatic rings. The minimum absolute atomic E-state index is 0.00475. The van der Waals surface area contributed by atoms with Crippen LogP contribution < -0.4 is 10.6 Å². The predicted molar refractivity (Wildman–Crippen MR) is 149 cm³/mol. The summed E-state index contributed by atoms with van der Waals surface area (Å²) in [5.41, 5.74) is 1.38. The zero-order valence-corrected chi connectivity index (χ0v) is 23.4. The Hall–Kier alpha value is -3.52. The number of benzene rings is 3. The number of nitrogens with one attached hydrogen (secondary N) is 2. The second-order valence-corrected chi connectivity index (χ2v) is 11.7. The van der Waals surface area contributed by atoms with Gasteiger partial charge < -0.3 is 20.3 Å². The molecule has 0 bridgehead atoms. The van der Waals surface area contributed by atoms with Crippen LogP contribution in [0.2, 0.25) is 0 Å². The summed E-state index contributed by atoms with van der Waals surface area (Å²) in [5.74, 6) is -3.57. The van der Waals surface area contributed by atoms with Crippen LogP contribution in [0.4, 0.5) is 0 Å². The normalized spacial score (nSPS) is 15.1. The van der Waals surface area contributed by atoms with Gasteiger partial charge >= 0.3 is 13.6 Å². The molecule has 3 N–H and O–H groups in total. The quantitative estimate of drug-likeness (QED) is 0.228. The topological polar surface area (TPSA) is 131 Å². The first-order valence-corrected chi connectivity index (χ1v) is 14.3. The molecule has 39 heavy (non-hydrogen) atoms. The Morgan fingerprint density at radius 1 is 0.872 bits per heavy atom. The highest BCUT2D eigenvalue weighted by Gasteiger charge is 2.40. The summed E-state index contributed by atoms with van der Waals surface area (Å²) < 4.78 is 24.2. The third-order valence-corrected chi connectivity index (χ3v) is 7.92. The van der Waals surface area contributed by atoms with E-state index >= 15 is 0 Å². The van der Waals surface area contributed by atoms with E-state index in [9.17, 15) is 23.8 Å². The monoisotopic (exact) mass is 554 g/mol. The number of methoxy groups -OCH3 is 1. The van der Waals surface area contributed by atoms with Crippen LogP contribution in [0.3, 0.4) is 0 Å². The van der Waals surface area contributed by atoms with Gasteiger partial charge in [0.15, 0.2) is 6.10 Å². The van der Waals surface area contributed by atoms with Crippen LogP contribution >= 0.6 is 7.60 Å². The molecule has 2 amide bonds. The zero-order valence-electron chi connectivity index (χ0n) is 22.5. The molecule has 0 heterocycles. The molecule has 0 saturated heterocycles. The largest absolute Gasteiger partial charge is 0.467 e. The van der Waals surface area contributed by atoms with Crippen molar-refractivity contribution in [1.82, 2.24) is 10.6 Å². The molecule has 208 valence electrons. The standard InChI is InChI=1S/C29H35N2O7P/c1-19(2)27(30-20(3)32)28(33)31-26(18-22-14-15-23-12-8-9-13-24(23)16-22)39(35,36)38-25(29(34)37-4)17-21-10-6-5-7-11-21/h5-16,19,25-27H,17-18H2,1-4H3,(H,30,32)(H,31,33)(H,35,36)/t25-,26+,27-/m0/s1. The van der Waals surface area contributed by atoms with Gasteiger partial charge in [-0.15, -0.1) is 0 Å². The molecule has 0 fully saturated rings. The lowest BCUT2D eigenvalue weighted by molar-refractivity contribution is -0.149. The van der Waals surface area contributed by atoms with Crippen LogP contribution in [0.15, 0.2) is 72.8 Å². The van der Waals surface area contributed by atoms with Gasteiger partial charge in [-0.3, -0.25) is 18.7 Å². The Balaban J connectivity index is 1.94. The van der Waals surface area contributed by atoms with Crippen LogP contribution in [0.1, 0.15) is 31.9 Å². The third-order valence-electron chi connectivity index (χ3n) is 6.26. The van der Waals surface area contributed by atoms with Crippen molar-refractivity contribution in [1.29, 1.82) is 0 Å². The van der Waals surface area contributed by atoms with E-state index < -0.39 is 43.3 Å². The maximum Gasteiger partial charge on any atom is 0.351 e. The minimum Gasteiger partial charge on any atom is -0.467 e. The van der Waals surface area contributed by atoms with Crippen LogP contribution in [-0.4, -0.2) is 47.7 Å². The highest BCUT2D eigenvalue weighted by Crippen LogP contribution is 2.49. The van der Waals surface area contributed by atoms with E-state index in [-0.39, 0.29) is 18.8 Å². The van der Waals surface area contributed by atoms with Crippen LogP contribution in [-0.2, 0) is 41.1 Å². The van der Waals surface area contributed by atoms with Crippen molar-refractivity contribution < 1.29 is 33.1 Å². The molecule has 9 nitrogen and oxygen atoms in total. The van der Waals surface area contributed by atoms with Crippen molar-refractivity contribution in [3.05, 3.63) is 83.9 Å². The van der Waals surface area contributed by atoms with E-state index in [1.165, 1.54) is 14.0 Å². The Bertz CT molecular complexity index is 1350. The van der Waals surface area contributed by atoms with Gasteiger partial charge in [-0.1, -0.05) is 86.6 Å². The summed E-state index contributed by atoms with van der Waals surface area (Å²) in [7, 11) is -3.52. The summed E-state index contributed by atoms with van der Waals surface area (Å²) in [6.07, 6.45) is -1.45. The van der Waals surface area contributed by atoms with Crippen molar-refractivity contribution >= 4 is 36.2 Å². The van der Waals surface area contributed by atoms with E-state index in [1.54, 1.807) is 44.2 Å². The molecule has 0 aliphatic rings. The molecule has 0 spiro atoms. The number of ether oxygens (including phenoxy) is 1. The average Bonchev–Trinajstić information content (AvgIpc) is 2.90. The summed E-state index contributed by atoms with van der Waals surface area (Å²) in [5, 5.41) is 7.12. The molecule has 0 aromatic heterocycles. The maximum atomic E-state index is 13.8. The second-order valence-electron chi connectivity index (χ2n) is 9.70.